The van der Waals surface area contributed by atoms with Crippen LogP contribution in [-0.4, -0.2) is 48.8 Å². The molecule has 0 saturated carbocycles. The fourth-order valence-corrected chi connectivity index (χ4v) is 4.22. The predicted molar refractivity (Wildman–Crippen MR) is 106 cm³/mol. The third-order valence-corrected chi connectivity index (χ3v) is 5.73. The highest BCUT2D eigenvalue weighted by molar-refractivity contribution is 7.99. The molecule has 9 heteroatoms. The number of nitrogens with zero attached hydrogens (tertiary/aromatic N) is 5. The van der Waals surface area contributed by atoms with Crippen molar-refractivity contribution in [3.63, 3.8) is 0 Å². The van der Waals surface area contributed by atoms with Crippen LogP contribution >= 0.6 is 23.1 Å². The molecule has 0 atom stereocenters. The van der Waals surface area contributed by atoms with Gasteiger partial charge in [-0.3, -0.25) is 14.9 Å². The first-order valence-corrected chi connectivity index (χ1v) is 10.0. The van der Waals surface area contributed by atoms with Crippen LogP contribution in [0.1, 0.15) is 5.01 Å². The van der Waals surface area contributed by atoms with Crippen molar-refractivity contribution < 1.29 is 4.79 Å². The molecule has 0 aliphatic heterocycles. The van der Waals surface area contributed by atoms with Crippen molar-refractivity contribution in [1.82, 2.24) is 30.0 Å². The van der Waals surface area contributed by atoms with E-state index >= 15 is 0 Å². The number of thioether (sulfide) groups is 1. The Morgan fingerprint density at radius 3 is 2.81 bits per heavy atom. The molecule has 0 fully saturated rings. The quantitative estimate of drug-likeness (QED) is 0.504. The summed E-state index contributed by atoms with van der Waals surface area (Å²) in [5.41, 5.74) is 1.88. The largest absolute Gasteiger partial charge is 0.338 e. The van der Waals surface area contributed by atoms with Gasteiger partial charge in [-0.05, 0) is 24.3 Å². The number of nitrogens with one attached hydrogen (secondary N) is 1. The minimum absolute atomic E-state index is 0.00881. The summed E-state index contributed by atoms with van der Waals surface area (Å²) in [6.45, 7) is 0.495. The second-order valence-electron chi connectivity index (χ2n) is 5.82. The average molecular weight is 397 g/mol. The third kappa shape index (κ3) is 4.15. The second kappa shape index (κ2) is 7.85. The summed E-state index contributed by atoms with van der Waals surface area (Å²) in [6.07, 6.45) is 3.40. The highest BCUT2D eigenvalue weighted by Crippen LogP contribution is 2.23. The lowest BCUT2D eigenvalue weighted by atomic mass is 10.3. The van der Waals surface area contributed by atoms with Crippen LogP contribution in [0.2, 0.25) is 0 Å². The fraction of sp³-hybridized carbons (Fsp3) is 0.167. The number of hydrogen-bond acceptors (Lipinski definition) is 7. The van der Waals surface area contributed by atoms with Crippen molar-refractivity contribution in [3.05, 3.63) is 53.8 Å². The number of para-hydroxylation sites is 1. The molecular weight excluding hydrogens is 380 g/mol. The molecule has 27 heavy (non-hydrogen) atoms. The van der Waals surface area contributed by atoms with E-state index in [2.05, 4.69) is 25.1 Å². The number of rotatable bonds is 6. The number of aromatic nitrogens is 5. The summed E-state index contributed by atoms with van der Waals surface area (Å²) in [5, 5.41) is 8.52. The zero-order chi connectivity index (χ0) is 18.6. The van der Waals surface area contributed by atoms with Gasteiger partial charge in [0.15, 0.2) is 5.82 Å². The first-order valence-electron chi connectivity index (χ1n) is 8.23. The molecule has 7 nitrogen and oxygen atoms in total. The van der Waals surface area contributed by atoms with Crippen molar-refractivity contribution in [2.45, 2.75) is 11.7 Å². The highest BCUT2D eigenvalue weighted by Gasteiger charge is 2.14. The second-order valence-corrected chi connectivity index (χ2v) is 7.87. The summed E-state index contributed by atoms with van der Waals surface area (Å²) in [4.78, 5) is 27.1. The van der Waals surface area contributed by atoms with E-state index in [0.717, 1.165) is 20.8 Å². The first kappa shape index (κ1) is 17.6. The maximum absolute atomic E-state index is 12.4. The van der Waals surface area contributed by atoms with Gasteiger partial charge in [-0.1, -0.05) is 23.9 Å². The van der Waals surface area contributed by atoms with Crippen molar-refractivity contribution >= 4 is 39.2 Å². The first-order chi connectivity index (χ1) is 13.2. The lowest BCUT2D eigenvalue weighted by Gasteiger charge is -2.14. The normalized spacial score (nSPS) is 11.0. The number of carbonyl (C=O) groups excluding carboxylic acids is 1. The van der Waals surface area contributed by atoms with Gasteiger partial charge in [-0.2, -0.15) is 0 Å². The molecule has 0 bridgehead atoms. The van der Waals surface area contributed by atoms with E-state index < -0.39 is 0 Å². The lowest BCUT2D eigenvalue weighted by Crippen LogP contribution is -2.27. The minimum atomic E-state index is 0.00881. The van der Waals surface area contributed by atoms with Crippen LogP contribution in [0.25, 0.3) is 21.6 Å². The van der Waals surface area contributed by atoms with E-state index in [9.17, 15) is 4.79 Å². The Bertz CT molecular complexity index is 1030. The highest BCUT2D eigenvalue weighted by atomic mass is 32.2. The Hall–Kier alpha value is -2.78. The Morgan fingerprint density at radius 1 is 1.19 bits per heavy atom. The smallest absolute Gasteiger partial charge is 0.233 e. The van der Waals surface area contributed by atoms with Crippen LogP contribution in [0.15, 0.2) is 53.9 Å². The summed E-state index contributed by atoms with van der Waals surface area (Å²) >= 11 is 2.92. The van der Waals surface area contributed by atoms with Gasteiger partial charge >= 0.3 is 0 Å². The third-order valence-electron chi connectivity index (χ3n) is 3.88. The van der Waals surface area contributed by atoms with Crippen LogP contribution in [0.3, 0.4) is 0 Å². The maximum Gasteiger partial charge on any atom is 0.233 e. The molecular formula is C18H16N6OS2. The number of benzene rings is 1. The number of H-pyrrole nitrogens is 1. The topological polar surface area (TPSA) is 87.7 Å². The number of fused-ring (bicyclic) bond motifs is 1. The molecule has 1 N–H and O–H groups in total. The van der Waals surface area contributed by atoms with Crippen molar-refractivity contribution in [2.24, 2.45) is 0 Å². The molecule has 1 aromatic carbocycles. The van der Waals surface area contributed by atoms with Crippen LogP contribution in [0.4, 0.5) is 0 Å². The van der Waals surface area contributed by atoms with Crippen LogP contribution in [0, 0.1) is 0 Å². The predicted octanol–water partition coefficient (Wildman–Crippen LogP) is 3.23. The average Bonchev–Trinajstić information content (AvgIpc) is 3.33. The minimum Gasteiger partial charge on any atom is -0.338 e. The summed E-state index contributed by atoms with van der Waals surface area (Å²) in [5.74, 6) is 0.944. The summed E-state index contributed by atoms with van der Waals surface area (Å²) in [7, 11) is 1.79. The maximum atomic E-state index is 12.4. The van der Waals surface area contributed by atoms with Gasteiger partial charge in [-0.25, -0.2) is 9.97 Å². The van der Waals surface area contributed by atoms with Crippen LogP contribution in [-0.2, 0) is 11.3 Å². The van der Waals surface area contributed by atoms with Crippen LogP contribution in [0.5, 0.6) is 0 Å². The molecule has 4 aromatic rings. The Labute approximate surface area is 163 Å². The number of thiazole rings is 1. The lowest BCUT2D eigenvalue weighted by molar-refractivity contribution is -0.127. The van der Waals surface area contributed by atoms with Gasteiger partial charge < -0.3 is 4.90 Å². The molecule has 0 aliphatic rings. The number of aromatic amines is 1. The number of carbonyl (C=O) groups is 1. The number of amides is 1. The van der Waals surface area contributed by atoms with Gasteiger partial charge in [0.25, 0.3) is 0 Å². The standard InChI is InChI=1S/C18H16N6OS2/c1-24(10-15-20-13-4-2-3-5-14(13)27-15)16(25)11-26-18-21-17(22-23-18)12-6-8-19-9-7-12/h2-9H,10-11H2,1H3,(H,21,22,23). The van der Waals surface area contributed by atoms with E-state index in [-0.39, 0.29) is 11.7 Å². The van der Waals surface area contributed by atoms with Gasteiger partial charge in [-0.15, -0.1) is 16.4 Å². The van der Waals surface area contributed by atoms with Gasteiger partial charge in [0.1, 0.15) is 5.01 Å². The van der Waals surface area contributed by atoms with E-state index in [4.69, 9.17) is 0 Å². The van der Waals surface area contributed by atoms with E-state index in [1.807, 2.05) is 36.4 Å². The Balaban J connectivity index is 1.34. The molecule has 136 valence electrons. The summed E-state index contributed by atoms with van der Waals surface area (Å²) < 4.78 is 1.13. The zero-order valence-corrected chi connectivity index (χ0v) is 16.1. The van der Waals surface area contributed by atoms with Gasteiger partial charge in [0.2, 0.25) is 11.1 Å². The van der Waals surface area contributed by atoms with E-state index in [0.29, 0.717) is 17.5 Å². The molecule has 0 saturated heterocycles. The monoisotopic (exact) mass is 396 g/mol. The zero-order valence-electron chi connectivity index (χ0n) is 14.5. The Morgan fingerprint density at radius 2 is 2.00 bits per heavy atom. The number of pyridine rings is 1. The van der Waals surface area contributed by atoms with E-state index in [1.54, 1.807) is 35.7 Å². The SMILES string of the molecule is CN(Cc1nc2ccccc2s1)C(=O)CSc1n[nH]c(-c2ccncc2)n1. The molecule has 1 amide bonds. The Kier molecular flexibility index (Phi) is 5.12. The van der Waals surface area contributed by atoms with Crippen LogP contribution < -0.4 is 0 Å². The molecule has 0 aliphatic carbocycles. The van der Waals surface area contributed by atoms with Crippen molar-refractivity contribution in [2.75, 3.05) is 12.8 Å². The van der Waals surface area contributed by atoms with E-state index in [1.165, 1.54) is 11.8 Å². The molecule has 4 rings (SSSR count). The fourth-order valence-electron chi connectivity index (χ4n) is 2.46. The molecule has 0 spiro atoms. The molecule has 0 radical (unpaired) electrons. The van der Waals surface area contributed by atoms with Crippen molar-refractivity contribution in [1.29, 1.82) is 0 Å². The number of hydrogen-bond donors (Lipinski definition) is 1. The molecule has 0 unspecified atom stereocenters. The molecule has 3 heterocycles. The van der Waals surface area contributed by atoms with Crippen molar-refractivity contribution in [3.8, 4) is 11.4 Å². The van der Waals surface area contributed by atoms with Gasteiger partial charge in [0, 0.05) is 25.0 Å². The molecule has 3 aromatic heterocycles. The summed E-state index contributed by atoms with van der Waals surface area (Å²) in [6, 6.07) is 11.7. The van der Waals surface area contributed by atoms with Gasteiger partial charge in [0.05, 0.1) is 22.5 Å².